The fourth-order valence-electron chi connectivity index (χ4n) is 3.72. The summed E-state index contributed by atoms with van der Waals surface area (Å²) in [4.78, 5) is 36.2. The van der Waals surface area contributed by atoms with Gasteiger partial charge in [0.25, 0.3) is 0 Å². The molecule has 1 amide bonds. The molecule has 0 radical (unpaired) electrons. The second kappa shape index (κ2) is 9.95. The summed E-state index contributed by atoms with van der Waals surface area (Å²) >= 11 is 0. The number of hydrogen-bond acceptors (Lipinski definition) is 7. The molecule has 1 N–H and O–H groups in total. The number of rotatable bonds is 7. The first kappa shape index (κ1) is 21.4. The molecule has 0 atom stereocenters. The van der Waals surface area contributed by atoms with E-state index in [1.165, 1.54) is 19.3 Å². The van der Waals surface area contributed by atoms with Crippen LogP contribution in [-0.4, -0.2) is 58.0 Å². The number of fused-ring (bicyclic) bond motifs is 1. The standard InChI is InChI=1S/C23H26N8O/c1-17(25-10-9-24-2)18-6-7-20(26-14-18)29-21(32)15-31-13-8-19-22(27-16-28-23(19)31)30-11-4-3-5-12-30/h6-10,13-14,16H,1,3-5,11-12,15H2,2H3,(H,26,29,32)/b24-9-,25-10-. The van der Waals surface area contributed by atoms with E-state index in [9.17, 15) is 4.79 Å². The van der Waals surface area contributed by atoms with Gasteiger partial charge in [0.1, 0.15) is 30.2 Å². The third kappa shape index (κ3) is 4.88. The maximum Gasteiger partial charge on any atom is 0.245 e. The van der Waals surface area contributed by atoms with E-state index >= 15 is 0 Å². The summed E-state index contributed by atoms with van der Waals surface area (Å²) in [6, 6.07) is 5.52. The zero-order valence-electron chi connectivity index (χ0n) is 18.1. The van der Waals surface area contributed by atoms with Gasteiger partial charge in [0.2, 0.25) is 5.91 Å². The molecule has 0 saturated carbocycles. The molecular weight excluding hydrogens is 404 g/mol. The van der Waals surface area contributed by atoms with Crippen LogP contribution in [0.4, 0.5) is 11.6 Å². The zero-order chi connectivity index (χ0) is 22.3. The number of carbonyl (C=O) groups excluding carboxylic acids is 1. The van der Waals surface area contributed by atoms with Crippen LogP contribution < -0.4 is 10.2 Å². The summed E-state index contributed by atoms with van der Waals surface area (Å²) < 4.78 is 1.83. The van der Waals surface area contributed by atoms with Crippen LogP contribution in [-0.2, 0) is 11.3 Å². The molecule has 1 fully saturated rings. The smallest absolute Gasteiger partial charge is 0.245 e. The maximum absolute atomic E-state index is 12.6. The third-order valence-corrected chi connectivity index (χ3v) is 5.31. The van der Waals surface area contributed by atoms with Crippen molar-refractivity contribution in [1.29, 1.82) is 0 Å². The highest BCUT2D eigenvalue weighted by Crippen LogP contribution is 2.26. The van der Waals surface area contributed by atoms with E-state index in [-0.39, 0.29) is 12.5 Å². The highest BCUT2D eigenvalue weighted by Gasteiger charge is 2.17. The largest absolute Gasteiger partial charge is 0.356 e. The summed E-state index contributed by atoms with van der Waals surface area (Å²) in [5.74, 6) is 1.22. The Kier molecular flexibility index (Phi) is 6.64. The topological polar surface area (TPSA) is 101 Å². The molecule has 0 aliphatic carbocycles. The molecule has 1 aliphatic heterocycles. The van der Waals surface area contributed by atoms with Crippen molar-refractivity contribution in [3.63, 3.8) is 0 Å². The van der Waals surface area contributed by atoms with Crippen LogP contribution in [0, 0.1) is 0 Å². The quantitative estimate of drug-likeness (QED) is 0.580. The van der Waals surface area contributed by atoms with E-state index in [2.05, 4.69) is 41.7 Å². The van der Waals surface area contributed by atoms with Gasteiger partial charge in [-0.15, -0.1) is 0 Å². The van der Waals surface area contributed by atoms with Crippen LogP contribution in [0.25, 0.3) is 16.7 Å². The van der Waals surface area contributed by atoms with Crippen molar-refractivity contribution in [3.05, 3.63) is 49.1 Å². The Bertz CT molecular complexity index is 1160. The molecule has 32 heavy (non-hydrogen) atoms. The molecule has 1 saturated heterocycles. The van der Waals surface area contributed by atoms with Crippen LogP contribution in [0.2, 0.25) is 0 Å². The molecule has 0 spiro atoms. The lowest BCUT2D eigenvalue weighted by Gasteiger charge is -2.28. The molecule has 9 heteroatoms. The van der Waals surface area contributed by atoms with Crippen molar-refractivity contribution in [2.75, 3.05) is 30.4 Å². The van der Waals surface area contributed by atoms with Crippen molar-refractivity contribution in [2.24, 2.45) is 9.98 Å². The van der Waals surface area contributed by atoms with Crippen molar-refractivity contribution >= 4 is 46.7 Å². The van der Waals surface area contributed by atoms with E-state index in [0.29, 0.717) is 11.5 Å². The van der Waals surface area contributed by atoms with E-state index in [1.54, 1.807) is 38.1 Å². The van der Waals surface area contributed by atoms with Gasteiger partial charge < -0.3 is 14.8 Å². The minimum atomic E-state index is -0.183. The normalized spacial score (nSPS) is 14.5. The van der Waals surface area contributed by atoms with Crippen LogP contribution in [0.1, 0.15) is 24.8 Å². The van der Waals surface area contributed by atoms with Crippen LogP contribution in [0.5, 0.6) is 0 Å². The second-order valence-corrected chi connectivity index (χ2v) is 7.54. The Hall–Kier alpha value is -3.88. The van der Waals surface area contributed by atoms with Gasteiger partial charge in [-0.1, -0.05) is 6.58 Å². The molecule has 4 rings (SSSR count). The van der Waals surface area contributed by atoms with Gasteiger partial charge in [-0.2, -0.15) is 0 Å². The molecule has 1 aliphatic rings. The number of aromatic nitrogens is 4. The number of amides is 1. The van der Waals surface area contributed by atoms with E-state index in [4.69, 9.17) is 0 Å². The molecule has 0 aromatic carbocycles. The zero-order valence-corrected chi connectivity index (χ0v) is 18.1. The minimum Gasteiger partial charge on any atom is -0.356 e. The van der Waals surface area contributed by atoms with Gasteiger partial charge in [0.15, 0.2) is 0 Å². The first-order valence-corrected chi connectivity index (χ1v) is 10.6. The predicted molar refractivity (Wildman–Crippen MR) is 128 cm³/mol. The molecule has 4 heterocycles. The van der Waals surface area contributed by atoms with Gasteiger partial charge in [-0.05, 0) is 37.5 Å². The number of piperidine rings is 1. The van der Waals surface area contributed by atoms with Crippen molar-refractivity contribution in [3.8, 4) is 0 Å². The monoisotopic (exact) mass is 430 g/mol. The Morgan fingerprint density at radius 3 is 2.75 bits per heavy atom. The molecule has 0 bridgehead atoms. The lowest BCUT2D eigenvalue weighted by Crippen LogP contribution is -2.30. The van der Waals surface area contributed by atoms with Crippen molar-refractivity contribution < 1.29 is 4.79 Å². The summed E-state index contributed by atoms with van der Waals surface area (Å²) in [7, 11) is 1.67. The number of aliphatic imine (C=N–C) groups is 2. The molecule has 3 aromatic rings. The van der Waals surface area contributed by atoms with Crippen LogP contribution in [0.15, 0.2) is 53.5 Å². The van der Waals surface area contributed by atoms with Gasteiger partial charge in [0, 0.05) is 50.5 Å². The Labute approximate surface area is 186 Å². The van der Waals surface area contributed by atoms with Crippen LogP contribution >= 0.6 is 0 Å². The van der Waals surface area contributed by atoms with Gasteiger partial charge in [-0.3, -0.25) is 14.8 Å². The number of nitrogens with zero attached hydrogens (tertiary/aromatic N) is 7. The average molecular weight is 431 g/mol. The third-order valence-electron chi connectivity index (χ3n) is 5.31. The Morgan fingerprint density at radius 2 is 2.00 bits per heavy atom. The lowest BCUT2D eigenvalue weighted by molar-refractivity contribution is -0.116. The molecular formula is C23H26N8O. The summed E-state index contributed by atoms with van der Waals surface area (Å²) in [5.41, 5.74) is 2.09. The summed E-state index contributed by atoms with van der Waals surface area (Å²) in [5, 5.41) is 3.80. The average Bonchev–Trinajstić information content (AvgIpc) is 3.23. The first-order valence-electron chi connectivity index (χ1n) is 10.6. The van der Waals surface area contributed by atoms with E-state index in [1.807, 2.05) is 22.9 Å². The number of pyridine rings is 1. The molecule has 9 nitrogen and oxygen atoms in total. The van der Waals surface area contributed by atoms with Gasteiger partial charge in [-0.25, -0.2) is 15.0 Å². The Balaban J connectivity index is 1.42. The lowest BCUT2D eigenvalue weighted by atomic mass is 10.1. The summed E-state index contributed by atoms with van der Waals surface area (Å²) in [6.45, 7) is 6.04. The first-order chi connectivity index (χ1) is 15.7. The van der Waals surface area contributed by atoms with Crippen molar-refractivity contribution in [2.45, 2.75) is 25.8 Å². The van der Waals surface area contributed by atoms with E-state index in [0.717, 1.165) is 35.5 Å². The fraction of sp³-hybridized carbons (Fsp3) is 0.304. The SMILES string of the molecule is C=C(/N=C\C=N/C)c1ccc(NC(=O)Cn2ccc3c(N4CCCCC4)ncnc32)nc1. The number of nitrogens with one attached hydrogen (secondary N) is 1. The number of hydrogen-bond donors (Lipinski definition) is 1. The van der Waals surface area contributed by atoms with Crippen LogP contribution in [0.3, 0.4) is 0 Å². The molecule has 0 unspecified atom stereocenters. The van der Waals surface area contributed by atoms with Gasteiger partial charge >= 0.3 is 0 Å². The highest BCUT2D eigenvalue weighted by molar-refractivity contribution is 6.17. The molecule has 3 aromatic heterocycles. The number of carbonyl (C=O) groups is 1. The maximum atomic E-state index is 12.6. The van der Waals surface area contributed by atoms with Crippen molar-refractivity contribution in [1.82, 2.24) is 19.5 Å². The van der Waals surface area contributed by atoms with Gasteiger partial charge in [0.05, 0.1) is 11.1 Å². The second-order valence-electron chi connectivity index (χ2n) is 7.54. The number of anilines is 2. The molecule has 164 valence electrons. The predicted octanol–water partition coefficient (Wildman–Crippen LogP) is 3.20. The fourth-order valence-corrected chi connectivity index (χ4v) is 3.72. The minimum absolute atomic E-state index is 0.136. The summed E-state index contributed by atoms with van der Waals surface area (Å²) in [6.07, 6.45) is 11.8. The highest BCUT2D eigenvalue weighted by atomic mass is 16.2. The van der Waals surface area contributed by atoms with E-state index < -0.39 is 0 Å². The Morgan fingerprint density at radius 1 is 1.16 bits per heavy atom.